The number of hydrogen-bond donors (Lipinski definition) is 1. The minimum absolute atomic E-state index is 0.00130. The van der Waals surface area contributed by atoms with Crippen molar-refractivity contribution in [1.82, 2.24) is 4.90 Å². The fraction of sp³-hybridized carbons (Fsp3) is 0.417. The molecule has 0 aliphatic heterocycles. The average Bonchev–Trinajstić information content (AvgIpc) is 2.38. The average molecular weight is 432 g/mol. The molecule has 106 valence electrons. The van der Waals surface area contributed by atoms with Crippen molar-refractivity contribution in [2.75, 3.05) is 7.05 Å². The van der Waals surface area contributed by atoms with Crippen LogP contribution in [-0.2, 0) is 0 Å². The maximum atomic E-state index is 12.0. The maximum absolute atomic E-state index is 12.0. The first-order chi connectivity index (χ1) is 8.82. The third-order valence-electron chi connectivity index (χ3n) is 2.43. The van der Waals surface area contributed by atoms with Gasteiger partial charge in [-0.2, -0.15) is 12.6 Å². The molecule has 3 atom stereocenters. The van der Waals surface area contributed by atoms with Crippen LogP contribution in [0.25, 0.3) is 0 Å². The Morgan fingerprint density at radius 2 is 1.89 bits per heavy atom. The SMILES string of the molecule is CC(Br)C(Br)C(S)N(C)C(=O)Oc1ccc(Cl)cc1. The zero-order chi connectivity index (χ0) is 14.6. The van der Waals surface area contributed by atoms with Crippen LogP contribution in [-0.4, -0.2) is 33.1 Å². The Morgan fingerprint density at radius 3 is 2.37 bits per heavy atom. The summed E-state index contributed by atoms with van der Waals surface area (Å²) in [5.41, 5.74) is 0. The predicted molar refractivity (Wildman–Crippen MR) is 89.1 cm³/mol. The number of carbonyl (C=O) groups is 1. The summed E-state index contributed by atoms with van der Waals surface area (Å²) < 4.78 is 5.23. The van der Waals surface area contributed by atoms with Gasteiger partial charge in [-0.3, -0.25) is 4.90 Å². The van der Waals surface area contributed by atoms with Crippen LogP contribution in [0.4, 0.5) is 4.79 Å². The lowest BCUT2D eigenvalue weighted by Crippen LogP contribution is -2.42. The second kappa shape index (κ2) is 7.76. The van der Waals surface area contributed by atoms with Gasteiger partial charge in [0.2, 0.25) is 0 Å². The highest BCUT2D eigenvalue weighted by Gasteiger charge is 2.27. The topological polar surface area (TPSA) is 29.5 Å². The molecule has 0 radical (unpaired) electrons. The normalized spacial score (nSPS) is 15.5. The van der Waals surface area contributed by atoms with E-state index in [9.17, 15) is 4.79 Å². The smallest absolute Gasteiger partial charge is 0.410 e. The van der Waals surface area contributed by atoms with Crippen molar-refractivity contribution < 1.29 is 9.53 Å². The highest BCUT2D eigenvalue weighted by molar-refractivity contribution is 9.12. The van der Waals surface area contributed by atoms with Crippen LogP contribution in [0, 0.1) is 0 Å². The summed E-state index contributed by atoms with van der Waals surface area (Å²) in [6.07, 6.45) is -0.472. The van der Waals surface area contributed by atoms with Gasteiger partial charge in [0, 0.05) is 16.9 Å². The molecule has 19 heavy (non-hydrogen) atoms. The van der Waals surface area contributed by atoms with Crippen molar-refractivity contribution in [2.45, 2.75) is 22.0 Å². The van der Waals surface area contributed by atoms with Crippen LogP contribution in [0.1, 0.15) is 6.92 Å². The third kappa shape index (κ3) is 5.17. The number of amides is 1. The largest absolute Gasteiger partial charge is 0.415 e. The number of rotatable bonds is 4. The monoisotopic (exact) mass is 429 g/mol. The molecular formula is C12H14Br2ClNO2S. The van der Waals surface area contributed by atoms with Crippen molar-refractivity contribution in [3.05, 3.63) is 29.3 Å². The number of thiol groups is 1. The fourth-order valence-electron chi connectivity index (χ4n) is 1.23. The van der Waals surface area contributed by atoms with E-state index < -0.39 is 6.09 Å². The van der Waals surface area contributed by atoms with Crippen LogP contribution in [0.2, 0.25) is 5.02 Å². The summed E-state index contributed by atoms with van der Waals surface area (Å²) >= 11 is 17.1. The van der Waals surface area contributed by atoms with Crippen molar-refractivity contribution in [3.8, 4) is 5.75 Å². The Bertz CT molecular complexity index is 430. The van der Waals surface area contributed by atoms with E-state index >= 15 is 0 Å². The molecule has 1 aromatic carbocycles. The van der Waals surface area contributed by atoms with Crippen LogP contribution in [0.5, 0.6) is 5.75 Å². The first-order valence-corrected chi connectivity index (χ1v) is 8.22. The molecule has 0 aliphatic rings. The van der Waals surface area contributed by atoms with Gasteiger partial charge in [0.1, 0.15) is 5.75 Å². The Balaban J connectivity index is 2.64. The maximum Gasteiger partial charge on any atom is 0.415 e. The molecule has 3 unspecified atom stereocenters. The molecule has 0 saturated heterocycles. The lowest BCUT2D eigenvalue weighted by atomic mass is 10.3. The number of nitrogens with zero attached hydrogens (tertiary/aromatic N) is 1. The molecule has 0 heterocycles. The Labute approximate surface area is 140 Å². The van der Waals surface area contributed by atoms with Crippen molar-refractivity contribution in [3.63, 3.8) is 0 Å². The molecule has 0 spiro atoms. The number of benzene rings is 1. The number of hydrogen-bond acceptors (Lipinski definition) is 3. The second-order valence-electron chi connectivity index (χ2n) is 3.97. The van der Waals surface area contributed by atoms with E-state index in [0.29, 0.717) is 10.8 Å². The van der Waals surface area contributed by atoms with E-state index in [4.69, 9.17) is 16.3 Å². The first kappa shape index (κ1) is 17.1. The van der Waals surface area contributed by atoms with Gasteiger partial charge in [-0.1, -0.05) is 50.4 Å². The number of ether oxygens (including phenoxy) is 1. The molecule has 7 heteroatoms. The second-order valence-corrected chi connectivity index (χ2v) is 7.44. The van der Waals surface area contributed by atoms with E-state index in [1.165, 1.54) is 4.90 Å². The molecular weight excluding hydrogens is 417 g/mol. The molecule has 0 aliphatic carbocycles. The highest BCUT2D eigenvalue weighted by atomic mass is 79.9. The number of carbonyl (C=O) groups excluding carboxylic acids is 1. The molecule has 3 nitrogen and oxygen atoms in total. The Hall–Kier alpha value is 0.0900. The van der Waals surface area contributed by atoms with Crippen LogP contribution < -0.4 is 4.74 Å². The van der Waals surface area contributed by atoms with E-state index in [-0.39, 0.29) is 15.0 Å². The standard InChI is InChI=1S/C12H14Br2ClNO2S/c1-7(13)10(14)11(19)16(2)12(17)18-9-5-3-8(15)4-6-9/h3-7,10-11,19H,1-2H3. The van der Waals surface area contributed by atoms with Gasteiger partial charge in [-0.05, 0) is 24.3 Å². The van der Waals surface area contributed by atoms with Gasteiger partial charge in [-0.15, -0.1) is 0 Å². The lowest BCUT2D eigenvalue weighted by molar-refractivity contribution is 0.159. The number of halogens is 3. The summed E-state index contributed by atoms with van der Waals surface area (Å²) in [6, 6.07) is 6.60. The zero-order valence-electron chi connectivity index (χ0n) is 10.4. The van der Waals surface area contributed by atoms with Gasteiger partial charge in [-0.25, -0.2) is 4.79 Å². The van der Waals surface area contributed by atoms with E-state index in [1.807, 2.05) is 6.92 Å². The van der Waals surface area contributed by atoms with Crippen LogP contribution in [0.3, 0.4) is 0 Å². The molecule has 1 aromatic rings. The van der Waals surface area contributed by atoms with E-state index in [1.54, 1.807) is 31.3 Å². The summed E-state index contributed by atoms with van der Waals surface area (Å²) in [7, 11) is 1.64. The predicted octanol–water partition coefficient (Wildman–Crippen LogP) is 4.57. The Morgan fingerprint density at radius 1 is 1.37 bits per heavy atom. The molecule has 1 amide bonds. The highest BCUT2D eigenvalue weighted by Crippen LogP contribution is 2.24. The van der Waals surface area contributed by atoms with Crippen molar-refractivity contribution in [2.24, 2.45) is 0 Å². The van der Waals surface area contributed by atoms with Gasteiger partial charge in [0.15, 0.2) is 0 Å². The quantitative estimate of drug-likeness (QED) is 0.430. The number of alkyl halides is 2. The minimum atomic E-state index is -0.472. The molecule has 1 rings (SSSR count). The lowest BCUT2D eigenvalue weighted by Gasteiger charge is -2.28. The Kier molecular flexibility index (Phi) is 7.00. The zero-order valence-corrected chi connectivity index (χ0v) is 15.2. The van der Waals surface area contributed by atoms with Crippen molar-refractivity contribution in [1.29, 1.82) is 0 Å². The summed E-state index contributed by atoms with van der Waals surface area (Å²) in [5, 5.41) is 0.281. The van der Waals surface area contributed by atoms with Gasteiger partial charge >= 0.3 is 6.09 Å². The summed E-state index contributed by atoms with van der Waals surface area (Å²) in [5.74, 6) is 0.444. The third-order valence-corrected chi connectivity index (χ3v) is 6.33. The minimum Gasteiger partial charge on any atom is -0.410 e. The molecule has 0 aromatic heterocycles. The molecule has 0 saturated carbocycles. The van der Waals surface area contributed by atoms with Crippen LogP contribution >= 0.6 is 56.1 Å². The van der Waals surface area contributed by atoms with E-state index in [2.05, 4.69) is 44.5 Å². The van der Waals surface area contributed by atoms with E-state index in [0.717, 1.165) is 0 Å². The molecule has 0 fully saturated rings. The van der Waals surface area contributed by atoms with Crippen LogP contribution in [0.15, 0.2) is 24.3 Å². The van der Waals surface area contributed by atoms with Gasteiger partial charge < -0.3 is 4.74 Å². The summed E-state index contributed by atoms with van der Waals surface area (Å²) in [4.78, 5) is 13.5. The van der Waals surface area contributed by atoms with Crippen molar-refractivity contribution >= 4 is 62.2 Å². The molecule has 0 bridgehead atoms. The first-order valence-electron chi connectivity index (χ1n) is 5.49. The molecule has 0 N–H and O–H groups in total. The fourth-order valence-corrected chi connectivity index (χ4v) is 2.59. The van der Waals surface area contributed by atoms with Gasteiger partial charge in [0.25, 0.3) is 0 Å². The summed E-state index contributed by atoms with van der Waals surface area (Å²) in [6.45, 7) is 1.97. The van der Waals surface area contributed by atoms with Gasteiger partial charge in [0.05, 0.1) is 10.2 Å².